The molecule has 6 rings (SSSR count). The number of fused-ring (bicyclic) bond motifs is 2. The summed E-state index contributed by atoms with van der Waals surface area (Å²) in [6, 6.07) is 30.7. The highest BCUT2D eigenvalue weighted by atomic mass is 127. The smallest absolute Gasteiger partial charge is 0.407 e. The van der Waals surface area contributed by atoms with Gasteiger partial charge in [-0.15, -0.1) is 0 Å². The number of carbonyl (C=O) groups excluding carboxylic acids is 2. The van der Waals surface area contributed by atoms with Crippen molar-refractivity contribution in [2.75, 3.05) is 38.2 Å². The fourth-order valence-corrected chi connectivity index (χ4v) is 11.3. The van der Waals surface area contributed by atoms with E-state index in [0.717, 1.165) is 11.1 Å². The molecule has 0 fully saturated rings. The number of nitrogens with zero attached hydrogens (tertiary/aromatic N) is 2. The van der Waals surface area contributed by atoms with E-state index in [0.29, 0.717) is 34.8 Å². The molecule has 0 saturated carbocycles. The quantitative estimate of drug-likeness (QED) is 0.0454. The number of carbonyl (C=O) groups is 2. The first-order valence-electron chi connectivity index (χ1n) is 24.8. The highest BCUT2D eigenvalue weighted by molar-refractivity contribution is 14.1. The van der Waals surface area contributed by atoms with Crippen LogP contribution in [0, 0.1) is 11.8 Å². The summed E-state index contributed by atoms with van der Waals surface area (Å²) in [5, 5.41) is 18.3. The summed E-state index contributed by atoms with van der Waals surface area (Å²) in [5.74, 6) is 0.0762. The first-order valence-corrected chi connectivity index (χ1v) is 29.9. The van der Waals surface area contributed by atoms with E-state index in [2.05, 4.69) is 33.2 Å². The van der Waals surface area contributed by atoms with Gasteiger partial charge in [0, 0.05) is 44.1 Å². The van der Waals surface area contributed by atoms with E-state index in [1.807, 2.05) is 93.3 Å². The summed E-state index contributed by atoms with van der Waals surface area (Å²) in [6.07, 6.45) is 0.693. The number of ether oxygens (including phenoxy) is 3. The van der Waals surface area contributed by atoms with Gasteiger partial charge in [0.2, 0.25) is 20.0 Å². The number of sulfonamides is 2. The molecule has 4 atom stereocenters. The molecule has 0 unspecified atom stereocenters. The van der Waals surface area contributed by atoms with Gasteiger partial charge in [0.05, 0.1) is 46.6 Å². The molecule has 75 heavy (non-hydrogen) atoms. The van der Waals surface area contributed by atoms with E-state index in [9.17, 15) is 31.5 Å². The van der Waals surface area contributed by atoms with Crippen molar-refractivity contribution in [1.29, 1.82) is 0 Å². The maximum Gasteiger partial charge on any atom is 0.407 e. The number of furan rings is 2. The molecule has 0 spiro atoms. The molecular formula is C56H77IN4O12S2. The molecule has 4 aromatic carbocycles. The van der Waals surface area contributed by atoms with Crippen LogP contribution in [0.2, 0.25) is 0 Å². The fraction of sp³-hybridized carbons (Fsp3) is 0.464. The number of nitrogens with one attached hydrogen (secondary N) is 2. The van der Waals surface area contributed by atoms with E-state index in [-0.39, 0.29) is 47.8 Å². The van der Waals surface area contributed by atoms with Gasteiger partial charge in [-0.1, -0.05) is 111 Å². The molecule has 2 heterocycles. The van der Waals surface area contributed by atoms with Gasteiger partial charge in [-0.05, 0) is 131 Å². The van der Waals surface area contributed by atoms with Gasteiger partial charge in [-0.2, -0.15) is 8.61 Å². The average Bonchev–Trinajstić information content (AvgIpc) is 4.02. The Morgan fingerprint density at radius 3 is 1.36 bits per heavy atom. The lowest BCUT2D eigenvalue weighted by Crippen LogP contribution is -2.52. The minimum Gasteiger partial charge on any atom is -0.464 e. The second-order valence-electron chi connectivity index (χ2n) is 20.9. The van der Waals surface area contributed by atoms with Crippen molar-refractivity contribution in [3.63, 3.8) is 0 Å². The van der Waals surface area contributed by atoms with Crippen LogP contribution in [0.3, 0.4) is 0 Å². The van der Waals surface area contributed by atoms with E-state index < -0.39 is 67.7 Å². The Bertz CT molecular complexity index is 2920. The predicted molar refractivity (Wildman–Crippen MR) is 303 cm³/mol. The topological polar surface area (TPSA) is 207 Å². The lowest BCUT2D eigenvalue weighted by Gasteiger charge is -2.33. The molecule has 412 valence electrons. The maximum absolute atomic E-state index is 13.8. The summed E-state index contributed by atoms with van der Waals surface area (Å²) in [6.45, 7) is 18.7. The number of hydrogen-bond acceptors (Lipinski definition) is 12. The molecule has 6 aromatic rings. The molecule has 0 aliphatic heterocycles. The van der Waals surface area contributed by atoms with Gasteiger partial charge in [-0.25, -0.2) is 26.4 Å². The van der Waals surface area contributed by atoms with Crippen LogP contribution in [0.5, 0.6) is 0 Å². The predicted octanol–water partition coefficient (Wildman–Crippen LogP) is 10.9. The number of alkyl halides is 1. The van der Waals surface area contributed by atoms with Crippen molar-refractivity contribution in [3.8, 4) is 0 Å². The van der Waals surface area contributed by atoms with Gasteiger partial charge < -0.3 is 38.8 Å². The highest BCUT2D eigenvalue weighted by Gasteiger charge is 2.35. The van der Waals surface area contributed by atoms with Gasteiger partial charge >= 0.3 is 12.2 Å². The number of methoxy groups -OCH3 is 1. The molecule has 0 saturated heterocycles. The molecule has 19 heteroatoms. The zero-order chi connectivity index (χ0) is 55.7. The van der Waals surface area contributed by atoms with Crippen LogP contribution in [0.1, 0.15) is 80.4 Å². The Kier molecular flexibility index (Phi) is 23.6. The minimum absolute atomic E-state index is 0.0102. The first kappa shape index (κ1) is 62.5. The molecule has 0 bridgehead atoms. The lowest BCUT2D eigenvalue weighted by atomic mass is 10.0. The molecule has 2 amide bonds. The minimum atomic E-state index is -3.94. The van der Waals surface area contributed by atoms with Crippen LogP contribution in [-0.2, 0) is 47.1 Å². The first-order chi connectivity index (χ1) is 35.2. The van der Waals surface area contributed by atoms with Crippen LogP contribution in [-0.4, -0.2) is 116 Å². The zero-order valence-corrected chi connectivity index (χ0v) is 49.1. The summed E-state index contributed by atoms with van der Waals surface area (Å²) in [7, 11) is -6.28. The zero-order valence-electron chi connectivity index (χ0n) is 45.3. The normalized spacial score (nSPS) is 13.9. The number of aliphatic hydroxyl groups is 1. The lowest BCUT2D eigenvalue weighted by molar-refractivity contribution is 0.0277. The van der Waals surface area contributed by atoms with Crippen molar-refractivity contribution in [1.82, 2.24) is 19.2 Å². The standard InChI is InChI=1S/C28H38N2O6S.C27H36N2O6S.CH3I/c1-20(2)18-30(37(32,33)23-12-13-25-22(17-23)14-15-35-25)19-26(34-6)24(16-21-10-8-7-9-11-21)29-27(31)36-28(3,4)5;1-19(2)17-29(36(32,33)22-11-12-25-21(16-22)13-14-34-25)18-24(30)23(15-20-9-7-6-8-10-20)28-26(31)35-27(3,4)5;1-2/h7-15,17,20,24,26H,16,18-19H2,1-6H3,(H,29,31);6-14,16,19,23-24,30H,15,17-18H2,1-5H3,(H,28,31);1H3/t24-,26+;23-,24+;/m00./s1. The largest absolute Gasteiger partial charge is 0.464 e. The van der Waals surface area contributed by atoms with Crippen LogP contribution >= 0.6 is 22.6 Å². The monoisotopic (exact) mass is 1190 g/mol. The fourth-order valence-electron chi connectivity index (χ4n) is 7.98. The second-order valence-corrected chi connectivity index (χ2v) is 24.8. The summed E-state index contributed by atoms with van der Waals surface area (Å²) < 4.78 is 85.0. The molecule has 0 radical (unpaired) electrons. The SMILES string of the molecule is CC(C)CN(C[C@@H](O)[C@H](Cc1ccccc1)NC(=O)OC(C)(C)C)S(=O)(=O)c1ccc2occc2c1.CI.CO[C@H](CN(CC(C)C)S(=O)(=O)c1ccc2occc2c1)[C@H](Cc1ccccc1)NC(=O)OC(C)(C)C. The third-order valence-electron chi connectivity index (χ3n) is 11.3. The van der Waals surface area contributed by atoms with Crippen molar-refractivity contribution in [3.05, 3.63) is 133 Å². The van der Waals surface area contributed by atoms with Gasteiger partial charge in [0.25, 0.3) is 0 Å². The molecular weight excluding hydrogens is 1110 g/mol. The molecule has 3 N–H and O–H groups in total. The average molecular weight is 1190 g/mol. The van der Waals surface area contributed by atoms with Gasteiger partial charge in [0.1, 0.15) is 22.4 Å². The van der Waals surface area contributed by atoms with Crippen LogP contribution in [0.25, 0.3) is 21.9 Å². The van der Waals surface area contributed by atoms with E-state index in [4.69, 9.17) is 23.0 Å². The highest BCUT2D eigenvalue weighted by Crippen LogP contribution is 2.27. The maximum atomic E-state index is 13.8. The number of benzene rings is 4. The Hall–Kier alpha value is -5.03. The number of hydrogen-bond donors (Lipinski definition) is 3. The van der Waals surface area contributed by atoms with E-state index >= 15 is 0 Å². The Morgan fingerprint density at radius 2 is 0.973 bits per heavy atom. The number of aliphatic hydroxyl groups excluding tert-OH is 1. The van der Waals surface area contributed by atoms with Crippen LogP contribution in [0.4, 0.5) is 9.59 Å². The van der Waals surface area contributed by atoms with Crippen molar-refractivity contribution in [2.45, 2.75) is 127 Å². The third-order valence-corrected chi connectivity index (χ3v) is 14.9. The Balaban J connectivity index is 0.000000314. The Morgan fingerprint density at radius 1 is 0.587 bits per heavy atom. The van der Waals surface area contributed by atoms with Crippen molar-refractivity contribution in [2.24, 2.45) is 11.8 Å². The van der Waals surface area contributed by atoms with E-state index in [1.54, 1.807) is 84.0 Å². The number of halogens is 1. The number of alkyl carbamates (subject to hydrolysis) is 2. The third kappa shape index (κ3) is 19.8. The van der Waals surface area contributed by atoms with Crippen molar-refractivity contribution < 1.29 is 54.6 Å². The number of amides is 2. The summed E-state index contributed by atoms with van der Waals surface area (Å²) in [5.41, 5.74) is 1.69. The molecule has 0 aliphatic rings. The summed E-state index contributed by atoms with van der Waals surface area (Å²) in [4.78, 5) is 27.6. The molecule has 0 aliphatic carbocycles. The van der Waals surface area contributed by atoms with E-state index in [1.165, 1.54) is 34.3 Å². The molecule has 2 aromatic heterocycles. The summed E-state index contributed by atoms with van der Waals surface area (Å²) >= 11 is 2.15. The number of rotatable bonds is 21. The van der Waals surface area contributed by atoms with Gasteiger partial charge in [0.15, 0.2) is 0 Å². The second kappa shape index (κ2) is 28.4. The van der Waals surface area contributed by atoms with Crippen molar-refractivity contribution >= 4 is 76.8 Å². The van der Waals surface area contributed by atoms with Crippen LogP contribution in [0.15, 0.2) is 140 Å². The molecule has 16 nitrogen and oxygen atoms in total. The van der Waals surface area contributed by atoms with Crippen LogP contribution < -0.4 is 10.6 Å². The van der Waals surface area contributed by atoms with Gasteiger partial charge in [-0.3, -0.25) is 0 Å². The Labute approximate surface area is 458 Å².